The summed E-state index contributed by atoms with van der Waals surface area (Å²) in [4.78, 5) is 31.6. The van der Waals surface area contributed by atoms with Gasteiger partial charge in [-0.3, -0.25) is 19.5 Å². The summed E-state index contributed by atoms with van der Waals surface area (Å²) >= 11 is 0. The molecule has 6 heteroatoms. The van der Waals surface area contributed by atoms with E-state index in [0.29, 0.717) is 22.6 Å². The minimum atomic E-state index is -0.855. The number of para-hydroxylation sites is 1. The molecule has 1 aliphatic heterocycles. The number of carbonyl (C=O) groups excluding carboxylic acids is 2. The average molecular weight is 400 g/mol. The van der Waals surface area contributed by atoms with E-state index in [1.54, 1.807) is 54.7 Å². The van der Waals surface area contributed by atoms with Crippen LogP contribution in [0.25, 0.3) is 5.76 Å². The molecule has 1 N–H and O–H groups in total. The number of nitrogens with zero attached hydrogens (tertiary/aromatic N) is 2. The number of Topliss-reactive ketones (excluding diaryl/α,β-unsaturated/α-hetero) is 1. The summed E-state index contributed by atoms with van der Waals surface area (Å²) in [5, 5.41) is 11.1. The number of rotatable bonds is 4. The van der Waals surface area contributed by atoms with Crippen LogP contribution in [0.2, 0.25) is 0 Å². The van der Waals surface area contributed by atoms with Crippen LogP contribution in [0.5, 0.6) is 5.75 Å². The number of aryl methyl sites for hydroxylation is 1. The van der Waals surface area contributed by atoms with Gasteiger partial charge < -0.3 is 9.84 Å². The Morgan fingerprint density at radius 3 is 2.43 bits per heavy atom. The summed E-state index contributed by atoms with van der Waals surface area (Å²) in [6.07, 6.45) is 3.10. The fourth-order valence-electron chi connectivity index (χ4n) is 3.65. The van der Waals surface area contributed by atoms with Crippen molar-refractivity contribution < 1.29 is 19.4 Å². The molecule has 4 rings (SSSR count). The Balaban J connectivity index is 1.98. The zero-order chi connectivity index (χ0) is 21.3. The van der Waals surface area contributed by atoms with Gasteiger partial charge in [0, 0.05) is 17.3 Å². The van der Waals surface area contributed by atoms with Crippen LogP contribution in [0.3, 0.4) is 0 Å². The van der Waals surface area contributed by atoms with Crippen molar-refractivity contribution >= 4 is 23.1 Å². The van der Waals surface area contributed by atoms with Crippen molar-refractivity contribution in [3.05, 3.63) is 95.3 Å². The number of ether oxygens (including phenoxy) is 1. The highest BCUT2D eigenvalue weighted by Gasteiger charge is 2.47. The van der Waals surface area contributed by atoms with Gasteiger partial charge in [-0.2, -0.15) is 0 Å². The van der Waals surface area contributed by atoms with E-state index < -0.39 is 17.7 Å². The molecule has 2 heterocycles. The van der Waals surface area contributed by atoms with E-state index in [-0.39, 0.29) is 11.3 Å². The lowest BCUT2D eigenvalue weighted by atomic mass is 9.94. The zero-order valence-electron chi connectivity index (χ0n) is 16.6. The highest BCUT2D eigenvalue weighted by molar-refractivity contribution is 6.51. The van der Waals surface area contributed by atoms with Crippen molar-refractivity contribution in [3.8, 4) is 5.75 Å². The molecular weight excluding hydrogens is 380 g/mol. The van der Waals surface area contributed by atoms with Crippen LogP contribution in [-0.4, -0.2) is 28.9 Å². The molecule has 0 bridgehead atoms. The van der Waals surface area contributed by atoms with E-state index in [4.69, 9.17) is 4.74 Å². The first-order chi connectivity index (χ1) is 14.5. The number of pyridine rings is 1. The third-order valence-electron chi connectivity index (χ3n) is 5.13. The second kappa shape index (κ2) is 7.83. The number of aliphatic hydroxyl groups excluding tert-OH is 1. The number of benzene rings is 2. The van der Waals surface area contributed by atoms with E-state index in [2.05, 4.69) is 4.98 Å². The molecule has 1 amide bonds. The molecule has 0 spiro atoms. The molecule has 3 aromatic rings. The van der Waals surface area contributed by atoms with Gasteiger partial charge in [0.1, 0.15) is 11.5 Å². The van der Waals surface area contributed by atoms with Crippen molar-refractivity contribution in [1.29, 1.82) is 0 Å². The number of methoxy groups -OCH3 is 1. The van der Waals surface area contributed by atoms with Crippen molar-refractivity contribution in [3.63, 3.8) is 0 Å². The zero-order valence-corrected chi connectivity index (χ0v) is 16.6. The number of hydrogen-bond donors (Lipinski definition) is 1. The van der Waals surface area contributed by atoms with Gasteiger partial charge in [-0.15, -0.1) is 0 Å². The Hall–Kier alpha value is -3.93. The van der Waals surface area contributed by atoms with E-state index in [0.717, 1.165) is 5.56 Å². The Bertz CT molecular complexity index is 1140. The third-order valence-corrected chi connectivity index (χ3v) is 5.13. The number of carbonyl (C=O) groups is 2. The van der Waals surface area contributed by atoms with Crippen LogP contribution >= 0.6 is 0 Å². The van der Waals surface area contributed by atoms with Gasteiger partial charge in [-0.1, -0.05) is 48.0 Å². The largest absolute Gasteiger partial charge is 0.507 e. The van der Waals surface area contributed by atoms with E-state index in [9.17, 15) is 14.7 Å². The molecular formula is C24H20N2O4. The number of anilines is 1. The van der Waals surface area contributed by atoms with Crippen LogP contribution in [0, 0.1) is 6.92 Å². The summed E-state index contributed by atoms with van der Waals surface area (Å²) in [5.41, 5.74) is 2.54. The lowest BCUT2D eigenvalue weighted by molar-refractivity contribution is -0.132. The maximum Gasteiger partial charge on any atom is 0.300 e. The molecule has 1 fully saturated rings. The molecule has 30 heavy (non-hydrogen) atoms. The SMILES string of the molecule is COc1ccccc1C1/C(=C(/O)c2ccc(C)cc2)C(=O)C(=O)N1c1cccnc1. The van der Waals surface area contributed by atoms with Gasteiger partial charge in [-0.05, 0) is 25.1 Å². The lowest BCUT2D eigenvalue weighted by Gasteiger charge is -2.26. The maximum atomic E-state index is 13.1. The van der Waals surface area contributed by atoms with E-state index >= 15 is 0 Å². The van der Waals surface area contributed by atoms with Crippen molar-refractivity contribution in [2.24, 2.45) is 0 Å². The molecule has 150 valence electrons. The first-order valence-electron chi connectivity index (χ1n) is 9.44. The van der Waals surface area contributed by atoms with Crippen LogP contribution in [0.15, 0.2) is 78.6 Å². The number of ketones is 1. The van der Waals surface area contributed by atoms with Gasteiger partial charge in [0.2, 0.25) is 0 Å². The molecule has 1 saturated heterocycles. The Labute approximate surface area is 174 Å². The van der Waals surface area contributed by atoms with Gasteiger partial charge in [0.15, 0.2) is 0 Å². The molecule has 1 aliphatic rings. The minimum Gasteiger partial charge on any atom is -0.507 e. The molecule has 1 unspecified atom stereocenters. The fraction of sp³-hybridized carbons (Fsp3) is 0.125. The molecule has 1 aromatic heterocycles. The highest BCUT2D eigenvalue weighted by Crippen LogP contribution is 2.44. The molecule has 6 nitrogen and oxygen atoms in total. The van der Waals surface area contributed by atoms with E-state index in [1.165, 1.54) is 18.2 Å². The first kappa shape index (κ1) is 19.4. The smallest absolute Gasteiger partial charge is 0.300 e. The first-order valence-corrected chi connectivity index (χ1v) is 9.44. The Kier molecular flexibility index (Phi) is 5.06. The summed E-state index contributed by atoms with van der Waals surface area (Å²) < 4.78 is 5.49. The summed E-state index contributed by atoms with van der Waals surface area (Å²) in [7, 11) is 1.52. The van der Waals surface area contributed by atoms with Crippen LogP contribution in [-0.2, 0) is 9.59 Å². The van der Waals surface area contributed by atoms with Gasteiger partial charge in [0.25, 0.3) is 11.7 Å². The van der Waals surface area contributed by atoms with Gasteiger partial charge >= 0.3 is 0 Å². The topological polar surface area (TPSA) is 79.7 Å². The standard InChI is InChI=1S/C24H20N2O4/c1-15-9-11-16(12-10-15)22(27)20-21(18-7-3-4-8-19(18)30-2)26(24(29)23(20)28)17-6-5-13-25-14-17/h3-14,21,27H,1-2H3/b22-20-. The van der Waals surface area contributed by atoms with E-state index in [1.807, 2.05) is 19.1 Å². The second-order valence-electron chi connectivity index (χ2n) is 6.99. The van der Waals surface area contributed by atoms with Gasteiger partial charge in [-0.25, -0.2) is 0 Å². The third kappa shape index (κ3) is 3.22. The molecule has 0 saturated carbocycles. The number of aromatic nitrogens is 1. The van der Waals surface area contributed by atoms with Crippen LogP contribution in [0.4, 0.5) is 5.69 Å². The molecule has 0 aliphatic carbocycles. The number of hydrogen-bond acceptors (Lipinski definition) is 5. The summed E-state index contributed by atoms with van der Waals surface area (Å²) in [6.45, 7) is 1.93. The average Bonchev–Trinajstić information content (AvgIpc) is 3.04. The highest BCUT2D eigenvalue weighted by atomic mass is 16.5. The lowest BCUT2D eigenvalue weighted by Crippen LogP contribution is -2.29. The Morgan fingerprint density at radius 2 is 1.77 bits per heavy atom. The predicted octanol–water partition coefficient (Wildman–Crippen LogP) is 4.02. The quantitative estimate of drug-likeness (QED) is 0.406. The van der Waals surface area contributed by atoms with Crippen molar-refractivity contribution in [2.75, 3.05) is 12.0 Å². The van der Waals surface area contributed by atoms with Crippen LogP contribution < -0.4 is 9.64 Å². The molecule has 0 radical (unpaired) electrons. The van der Waals surface area contributed by atoms with Crippen molar-refractivity contribution in [1.82, 2.24) is 4.98 Å². The Morgan fingerprint density at radius 1 is 1.03 bits per heavy atom. The number of aliphatic hydroxyl groups is 1. The molecule has 1 atom stereocenters. The maximum absolute atomic E-state index is 13.1. The normalized spacial score (nSPS) is 17.9. The van der Waals surface area contributed by atoms with Gasteiger partial charge in [0.05, 0.1) is 30.6 Å². The summed E-state index contributed by atoms with van der Waals surface area (Å²) in [5.74, 6) is -1.20. The number of amides is 1. The molecule has 2 aromatic carbocycles. The summed E-state index contributed by atoms with van der Waals surface area (Å²) in [6, 6.07) is 16.8. The minimum absolute atomic E-state index is 0.0113. The second-order valence-corrected chi connectivity index (χ2v) is 6.99. The monoisotopic (exact) mass is 400 g/mol. The fourth-order valence-corrected chi connectivity index (χ4v) is 3.65. The van der Waals surface area contributed by atoms with Crippen molar-refractivity contribution in [2.45, 2.75) is 13.0 Å². The predicted molar refractivity (Wildman–Crippen MR) is 113 cm³/mol. The van der Waals surface area contributed by atoms with Crippen LogP contribution in [0.1, 0.15) is 22.7 Å².